The van der Waals surface area contributed by atoms with Crippen molar-refractivity contribution in [2.24, 2.45) is 0 Å². The van der Waals surface area contributed by atoms with Gasteiger partial charge in [-0.1, -0.05) is 53.1 Å². The molecule has 4 heteroatoms. The molecule has 0 aliphatic rings. The zero-order valence-corrected chi connectivity index (χ0v) is 15.7. The molecule has 4 rings (SSSR count). The first kappa shape index (κ1) is 18.2. The minimum Gasteiger partial charge on any atom is -0.207 e. The van der Waals surface area contributed by atoms with Crippen molar-refractivity contribution in [1.82, 2.24) is 0 Å². The van der Waals surface area contributed by atoms with E-state index in [2.05, 4.69) is 0 Å². The Hall–Kier alpha value is -3.16. The van der Waals surface area contributed by atoms with Crippen molar-refractivity contribution in [3.8, 4) is 22.3 Å². The number of halogens is 2. The van der Waals surface area contributed by atoms with Gasteiger partial charge in [-0.15, -0.1) is 0 Å². The second-order valence-electron chi connectivity index (χ2n) is 6.34. The van der Waals surface area contributed by atoms with Crippen molar-refractivity contribution in [2.45, 2.75) is 0 Å². The van der Waals surface area contributed by atoms with Gasteiger partial charge in [0.2, 0.25) is 10.6 Å². The predicted octanol–water partition coefficient (Wildman–Crippen LogP) is 6.08. The molecule has 0 aromatic heterocycles. The number of hydrogen-bond donors (Lipinski definition) is 0. The molecule has 0 aliphatic heterocycles. The van der Waals surface area contributed by atoms with Gasteiger partial charge in [-0.3, -0.25) is 0 Å². The minimum absolute atomic E-state index is 0.313. The Labute approximate surface area is 163 Å². The normalized spacial score (nSPS) is 10.6. The molecule has 0 radical (unpaired) electrons. The van der Waals surface area contributed by atoms with Gasteiger partial charge < -0.3 is 0 Å². The maximum absolute atomic E-state index is 13.6. The van der Waals surface area contributed by atoms with Gasteiger partial charge in [0.15, 0.2) is 0 Å². The lowest BCUT2D eigenvalue weighted by molar-refractivity contribution is 0.598. The summed E-state index contributed by atoms with van der Waals surface area (Å²) in [5.74, 6) is -0.625. The molecule has 28 heavy (non-hydrogen) atoms. The molecule has 4 aromatic rings. The summed E-state index contributed by atoms with van der Waals surface area (Å²) in [6, 6.07) is 27.2. The average molecular weight is 389 g/mol. The highest BCUT2D eigenvalue weighted by atomic mass is 31.1. The number of benzene rings is 4. The molecular formula is C24H16F2OP+. The summed E-state index contributed by atoms with van der Waals surface area (Å²) in [6.07, 6.45) is 0. The first-order valence-electron chi connectivity index (χ1n) is 8.81. The number of hydrogen-bond acceptors (Lipinski definition) is 1. The van der Waals surface area contributed by atoms with E-state index in [9.17, 15) is 13.3 Å². The molecule has 0 unspecified atom stereocenters. The fraction of sp³-hybridized carbons (Fsp3) is 0. The van der Waals surface area contributed by atoms with Gasteiger partial charge in [0.1, 0.15) is 11.6 Å². The van der Waals surface area contributed by atoms with Crippen LogP contribution in [0.15, 0.2) is 97.1 Å². The van der Waals surface area contributed by atoms with E-state index in [0.29, 0.717) is 10.6 Å². The van der Waals surface area contributed by atoms with Gasteiger partial charge in [-0.25, -0.2) is 8.78 Å². The van der Waals surface area contributed by atoms with Crippen molar-refractivity contribution >= 4 is 18.4 Å². The molecule has 0 aliphatic carbocycles. The summed E-state index contributed by atoms with van der Waals surface area (Å²) in [5.41, 5.74) is 3.22. The van der Waals surface area contributed by atoms with E-state index < -0.39 is 7.80 Å². The van der Waals surface area contributed by atoms with Crippen molar-refractivity contribution in [3.63, 3.8) is 0 Å². The van der Waals surface area contributed by atoms with Crippen LogP contribution in [0.1, 0.15) is 0 Å². The Morgan fingerprint density at radius 3 is 1.25 bits per heavy atom. The quantitative estimate of drug-likeness (QED) is 0.387. The molecule has 0 amide bonds. The predicted molar refractivity (Wildman–Crippen MR) is 111 cm³/mol. The van der Waals surface area contributed by atoms with Crippen LogP contribution < -0.4 is 10.6 Å². The molecule has 0 saturated carbocycles. The van der Waals surface area contributed by atoms with Crippen LogP contribution in [0.3, 0.4) is 0 Å². The van der Waals surface area contributed by atoms with E-state index in [1.807, 2.05) is 48.5 Å². The monoisotopic (exact) mass is 389 g/mol. The first-order chi connectivity index (χ1) is 13.6. The van der Waals surface area contributed by atoms with Gasteiger partial charge in [-0.2, -0.15) is 0 Å². The van der Waals surface area contributed by atoms with Gasteiger partial charge in [0, 0.05) is 11.1 Å². The van der Waals surface area contributed by atoms with E-state index in [0.717, 1.165) is 22.3 Å². The van der Waals surface area contributed by atoms with Crippen LogP contribution in [0.5, 0.6) is 0 Å². The van der Waals surface area contributed by atoms with Crippen molar-refractivity contribution in [1.29, 1.82) is 0 Å². The SMILES string of the molecule is O=[P+](c1ccccc1-c1ccc(F)cc1)c1ccccc1-c1ccc(F)cc1. The van der Waals surface area contributed by atoms with Gasteiger partial charge in [0.25, 0.3) is 0 Å². The fourth-order valence-electron chi connectivity index (χ4n) is 3.18. The summed E-state index contributed by atoms with van der Waals surface area (Å²) in [6.45, 7) is 0. The topological polar surface area (TPSA) is 17.1 Å². The van der Waals surface area contributed by atoms with Crippen LogP contribution in [0.4, 0.5) is 8.78 Å². The third-order valence-electron chi connectivity index (χ3n) is 4.56. The second-order valence-corrected chi connectivity index (χ2v) is 7.89. The Bertz CT molecular complexity index is 1040. The molecule has 0 spiro atoms. The van der Waals surface area contributed by atoms with Crippen LogP contribution in [-0.2, 0) is 4.57 Å². The summed E-state index contributed by atoms with van der Waals surface area (Å²) in [7, 11) is -1.91. The summed E-state index contributed by atoms with van der Waals surface area (Å²) >= 11 is 0. The van der Waals surface area contributed by atoms with Crippen molar-refractivity contribution < 1.29 is 13.3 Å². The van der Waals surface area contributed by atoms with E-state index in [1.165, 1.54) is 24.3 Å². The van der Waals surface area contributed by atoms with E-state index in [-0.39, 0.29) is 11.6 Å². The standard InChI is InChI=1S/C24H16F2OP/c25-19-13-9-17(10-14-19)21-5-1-3-7-23(21)28(27)24-8-4-2-6-22(24)18-11-15-20(26)16-12-18/h1-16H/q+1. The summed E-state index contributed by atoms with van der Waals surface area (Å²) < 4.78 is 40.2. The van der Waals surface area contributed by atoms with Gasteiger partial charge in [-0.05, 0) is 59.7 Å². The lowest BCUT2D eigenvalue weighted by Gasteiger charge is -2.05. The highest BCUT2D eigenvalue weighted by Gasteiger charge is 2.30. The Balaban J connectivity index is 1.82. The molecule has 0 saturated heterocycles. The van der Waals surface area contributed by atoms with Gasteiger partial charge in [0.05, 0.1) is 0 Å². The molecule has 0 N–H and O–H groups in total. The van der Waals surface area contributed by atoms with Crippen LogP contribution in [0.25, 0.3) is 22.3 Å². The maximum Gasteiger partial charge on any atom is 0.416 e. The lowest BCUT2D eigenvalue weighted by atomic mass is 10.1. The van der Waals surface area contributed by atoms with E-state index in [1.54, 1.807) is 24.3 Å². The fourth-order valence-corrected chi connectivity index (χ4v) is 4.73. The zero-order chi connectivity index (χ0) is 19.5. The summed E-state index contributed by atoms with van der Waals surface area (Å²) in [5, 5.41) is 1.36. The van der Waals surface area contributed by atoms with Crippen molar-refractivity contribution in [3.05, 3.63) is 109 Å². The highest BCUT2D eigenvalue weighted by Crippen LogP contribution is 2.32. The largest absolute Gasteiger partial charge is 0.416 e. The molecule has 1 nitrogen and oxygen atoms in total. The molecule has 0 heterocycles. The van der Waals surface area contributed by atoms with Gasteiger partial charge >= 0.3 is 7.80 Å². The van der Waals surface area contributed by atoms with E-state index >= 15 is 0 Å². The minimum atomic E-state index is -1.91. The van der Waals surface area contributed by atoms with Crippen molar-refractivity contribution in [2.75, 3.05) is 0 Å². The molecule has 0 atom stereocenters. The highest BCUT2D eigenvalue weighted by molar-refractivity contribution is 7.62. The average Bonchev–Trinajstić information content (AvgIpc) is 2.74. The molecular weight excluding hydrogens is 373 g/mol. The lowest BCUT2D eigenvalue weighted by Crippen LogP contribution is -2.11. The van der Waals surface area contributed by atoms with Crippen LogP contribution >= 0.6 is 7.80 Å². The Morgan fingerprint density at radius 2 is 0.857 bits per heavy atom. The third-order valence-corrected chi connectivity index (χ3v) is 6.21. The summed E-state index contributed by atoms with van der Waals surface area (Å²) in [4.78, 5) is 0. The second kappa shape index (κ2) is 7.84. The maximum atomic E-state index is 13.6. The molecule has 136 valence electrons. The Kier molecular flexibility index (Phi) is 5.10. The van der Waals surface area contributed by atoms with E-state index in [4.69, 9.17) is 0 Å². The molecule has 0 fully saturated rings. The molecule has 0 bridgehead atoms. The first-order valence-corrected chi connectivity index (χ1v) is 10.1. The smallest absolute Gasteiger partial charge is 0.207 e. The third kappa shape index (κ3) is 3.62. The zero-order valence-electron chi connectivity index (χ0n) is 14.8. The Morgan fingerprint density at radius 1 is 0.500 bits per heavy atom. The molecule has 4 aromatic carbocycles. The van der Waals surface area contributed by atoms with Crippen LogP contribution in [0.2, 0.25) is 0 Å². The van der Waals surface area contributed by atoms with Crippen LogP contribution in [-0.4, -0.2) is 0 Å². The number of rotatable bonds is 4. The van der Waals surface area contributed by atoms with Crippen LogP contribution in [0, 0.1) is 11.6 Å².